The smallest absolute Gasteiger partial charge is 0.337 e. The number of rotatable bonds is 2. The lowest BCUT2D eigenvalue weighted by Gasteiger charge is -2.22. The first-order chi connectivity index (χ1) is 15.2. The Morgan fingerprint density at radius 1 is 1.00 bits per heavy atom. The Kier molecular flexibility index (Phi) is 7.41. The van der Waals surface area contributed by atoms with Crippen LogP contribution in [0.25, 0.3) is 0 Å². The van der Waals surface area contributed by atoms with Gasteiger partial charge < -0.3 is 15.1 Å². The van der Waals surface area contributed by atoms with Gasteiger partial charge in [0.05, 0.1) is 12.1 Å². The quantitative estimate of drug-likeness (QED) is 0.716. The van der Waals surface area contributed by atoms with E-state index < -0.39 is 11.7 Å². The van der Waals surface area contributed by atoms with Gasteiger partial charge in [0, 0.05) is 37.3 Å². The highest BCUT2D eigenvalue weighted by molar-refractivity contribution is 5.94. The molecule has 8 heteroatoms. The third-order valence-corrected chi connectivity index (χ3v) is 5.09. The van der Waals surface area contributed by atoms with Crippen molar-refractivity contribution in [2.75, 3.05) is 32.7 Å². The fourth-order valence-corrected chi connectivity index (χ4v) is 3.44. The average Bonchev–Trinajstić information content (AvgIpc) is 3.02. The van der Waals surface area contributed by atoms with Crippen molar-refractivity contribution in [3.63, 3.8) is 0 Å². The van der Waals surface area contributed by atoms with E-state index in [1.165, 1.54) is 12.1 Å². The lowest BCUT2D eigenvalue weighted by Crippen LogP contribution is -2.42. The highest BCUT2D eigenvalue weighted by atomic mass is 19.4. The number of alkyl halides is 3. The van der Waals surface area contributed by atoms with E-state index in [0.29, 0.717) is 38.2 Å². The molecule has 1 fully saturated rings. The molecule has 3 amide bonds. The van der Waals surface area contributed by atoms with Gasteiger partial charge in [-0.15, -0.1) is 0 Å². The minimum atomic E-state index is -4.42. The zero-order valence-electron chi connectivity index (χ0n) is 17.7. The summed E-state index contributed by atoms with van der Waals surface area (Å²) in [4.78, 5) is 28.5. The Morgan fingerprint density at radius 3 is 2.47 bits per heavy atom. The Labute approximate surface area is 185 Å². The number of hydrogen-bond donors (Lipinski definition) is 1. The number of aryl methyl sites for hydroxylation is 1. The third kappa shape index (κ3) is 6.27. The van der Waals surface area contributed by atoms with Gasteiger partial charge >= 0.3 is 12.2 Å². The number of hydrogen-bond acceptors (Lipinski definition) is 2. The summed E-state index contributed by atoms with van der Waals surface area (Å²) in [5.74, 6) is 5.26. The number of nitrogens with zero attached hydrogens (tertiary/aromatic N) is 2. The summed E-state index contributed by atoms with van der Waals surface area (Å²) in [6.07, 6.45) is -3.77. The summed E-state index contributed by atoms with van der Waals surface area (Å²) in [7, 11) is 0. The molecule has 1 N–H and O–H groups in total. The van der Waals surface area contributed by atoms with Gasteiger partial charge in [0.25, 0.3) is 5.91 Å². The summed E-state index contributed by atoms with van der Waals surface area (Å²) in [5.41, 5.74) is 1.11. The molecule has 1 heterocycles. The molecule has 168 valence electrons. The van der Waals surface area contributed by atoms with E-state index in [0.717, 1.165) is 17.7 Å². The monoisotopic (exact) mass is 443 g/mol. The fourth-order valence-electron chi connectivity index (χ4n) is 3.44. The van der Waals surface area contributed by atoms with Crippen molar-refractivity contribution in [2.45, 2.75) is 19.5 Å². The molecule has 0 aliphatic carbocycles. The first kappa shape index (κ1) is 23.2. The van der Waals surface area contributed by atoms with Crippen molar-refractivity contribution in [3.8, 4) is 11.8 Å². The number of carbonyl (C=O) groups excluding carboxylic acids is 2. The SMILES string of the molecule is Cc1cccc(C(=O)N2CCCN(C(=O)NCC#Cc3cccc(C(F)(F)F)c3)CC2)c1. The molecular weight excluding hydrogens is 419 g/mol. The maximum atomic E-state index is 12.8. The van der Waals surface area contributed by atoms with E-state index in [1.807, 2.05) is 25.1 Å². The minimum absolute atomic E-state index is 0.0114. The van der Waals surface area contributed by atoms with Crippen LogP contribution >= 0.6 is 0 Å². The first-order valence-corrected chi connectivity index (χ1v) is 10.3. The van der Waals surface area contributed by atoms with Crippen LogP contribution in [0.4, 0.5) is 18.0 Å². The van der Waals surface area contributed by atoms with Crippen molar-refractivity contribution in [1.82, 2.24) is 15.1 Å². The predicted molar refractivity (Wildman–Crippen MR) is 115 cm³/mol. The predicted octanol–water partition coefficient (Wildman–Crippen LogP) is 3.92. The van der Waals surface area contributed by atoms with Crippen LogP contribution in [0.2, 0.25) is 0 Å². The summed E-state index contributed by atoms with van der Waals surface area (Å²) in [6.45, 7) is 3.83. The Bertz CT molecular complexity index is 1040. The van der Waals surface area contributed by atoms with Crippen molar-refractivity contribution in [1.29, 1.82) is 0 Å². The zero-order valence-corrected chi connectivity index (χ0v) is 17.7. The number of carbonyl (C=O) groups is 2. The summed E-state index contributed by atoms with van der Waals surface area (Å²) < 4.78 is 38.3. The molecular formula is C24H24F3N3O2. The molecule has 32 heavy (non-hydrogen) atoms. The molecule has 0 aromatic heterocycles. The molecule has 0 unspecified atom stereocenters. The number of amides is 3. The molecule has 0 saturated carbocycles. The van der Waals surface area contributed by atoms with Gasteiger partial charge in [0.2, 0.25) is 0 Å². The van der Waals surface area contributed by atoms with Crippen LogP contribution < -0.4 is 5.32 Å². The minimum Gasteiger partial charge on any atom is -0.337 e. The number of benzene rings is 2. The number of urea groups is 1. The van der Waals surface area contributed by atoms with Crippen molar-refractivity contribution >= 4 is 11.9 Å². The normalized spacial score (nSPS) is 14.2. The molecule has 3 rings (SSSR count). The van der Waals surface area contributed by atoms with E-state index in [4.69, 9.17) is 0 Å². The largest absolute Gasteiger partial charge is 0.416 e. The highest BCUT2D eigenvalue weighted by Crippen LogP contribution is 2.29. The van der Waals surface area contributed by atoms with Gasteiger partial charge in [-0.25, -0.2) is 4.79 Å². The van der Waals surface area contributed by atoms with Crippen LogP contribution in [0.5, 0.6) is 0 Å². The number of nitrogens with one attached hydrogen (secondary N) is 1. The van der Waals surface area contributed by atoms with Crippen LogP contribution in [0.1, 0.15) is 33.5 Å². The van der Waals surface area contributed by atoms with E-state index in [-0.39, 0.29) is 24.0 Å². The van der Waals surface area contributed by atoms with E-state index in [1.54, 1.807) is 15.9 Å². The summed E-state index contributed by atoms with van der Waals surface area (Å²) in [5, 5.41) is 2.67. The van der Waals surface area contributed by atoms with Crippen molar-refractivity contribution < 1.29 is 22.8 Å². The second-order valence-electron chi connectivity index (χ2n) is 7.54. The van der Waals surface area contributed by atoms with Gasteiger partial charge in [-0.2, -0.15) is 13.2 Å². The lowest BCUT2D eigenvalue weighted by molar-refractivity contribution is -0.137. The molecule has 0 spiro atoms. The first-order valence-electron chi connectivity index (χ1n) is 10.3. The standard InChI is InChI=1S/C24H24F3N3O2/c1-18-6-2-9-20(16-18)22(31)29-12-5-13-30(15-14-29)23(32)28-11-4-8-19-7-3-10-21(17-19)24(25,26)27/h2-3,6-7,9-10,16-17H,5,11-15H2,1H3,(H,28,32). The molecule has 2 aromatic carbocycles. The molecule has 5 nitrogen and oxygen atoms in total. The Hall–Kier alpha value is -3.47. The van der Waals surface area contributed by atoms with Gasteiger partial charge in [-0.3, -0.25) is 4.79 Å². The Balaban J connectivity index is 1.51. The molecule has 1 aliphatic rings. The molecule has 1 aliphatic heterocycles. The second-order valence-corrected chi connectivity index (χ2v) is 7.54. The van der Waals surface area contributed by atoms with E-state index >= 15 is 0 Å². The van der Waals surface area contributed by atoms with Crippen molar-refractivity contribution in [2.24, 2.45) is 0 Å². The Morgan fingerprint density at radius 2 is 1.72 bits per heavy atom. The van der Waals surface area contributed by atoms with Gasteiger partial charge in [-0.1, -0.05) is 35.6 Å². The number of halogens is 3. The zero-order chi connectivity index (χ0) is 23.1. The van der Waals surface area contributed by atoms with Crippen LogP contribution in [0.15, 0.2) is 48.5 Å². The third-order valence-electron chi connectivity index (χ3n) is 5.09. The van der Waals surface area contributed by atoms with E-state index in [2.05, 4.69) is 17.2 Å². The molecule has 0 atom stereocenters. The van der Waals surface area contributed by atoms with Crippen LogP contribution in [-0.2, 0) is 6.18 Å². The summed E-state index contributed by atoms with van der Waals surface area (Å²) in [6, 6.07) is 11.8. The lowest BCUT2D eigenvalue weighted by atomic mass is 10.1. The van der Waals surface area contributed by atoms with Crippen LogP contribution in [-0.4, -0.2) is 54.5 Å². The van der Waals surface area contributed by atoms with Gasteiger partial charge in [0.15, 0.2) is 0 Å². The maximum Gasteiger partial charge on any atom is 0.416 e. The molecule has 1 saturated heterocycles. The highest BCUT2D eigenvalue weighted by Gasteiger charge is 2.30. The fraction of sp³-hybridized carbons (Fsp3) is 0.333. The summed E-state index contributed by atoms with van der Waals surface area (Å²) >= 11 is 0. The second kappa shape index (κ2) is 10.2. The maximum absolute atomic E-state index is 12.8. The van der Waals surface area contributed by atoms with Crippen LogP contribution in [0.3, 0.4) is 0 Å². The van der Waals surface area contributed by atoms with Crippen molar-refractivity contribution in [3.05, 3.63) is 70.8 Å². The van der Waals surface area contributed by atoms with E-state index in [9.17, 15) is 22.8 Å². The van der Waals surface area contributed by atoms with Gasteiger partial charge in [0.1, 0.15) is 0 Å². The van der Waals surface area contributed by atoms with Crippen LogP contribution in [0, 0.1) is 18.8 Å². The topological polar surface area (TPSA) is 52.7 Å². The molecule has 0 bridgehead atoms. The average molecular weight is 443 g/mol. The molecule has 2 aromatic rings. The molecule has 0 radical (unpaired) electrons. The van der Waals surface area contributed by atoms with Gasteiger partial charge in [-0.05, 0) is 43.7 Å².